The van der Waals surface area contributed by atoms with Crippen molar-refractivity contribution in [3.05, 3.63) is 0 Å². The molecule has 3 nitrogen and oxygen atoms in total. The van der Waals surface area contributed by atoms with E-state index in [-0.39, 0.29) is 6.10 Å². The molecule has 1 atom stereocenters. The van der Waals surface area contributed by atoms with Gasteiger partial charge in [-0.05, 0) is 26.3 Å². The Morgan fingerprint density at radius 2 is 2.00 bits per heavy atom. The summed E-state index contributed by atoms with van der Waals surface area (Å²) in [6, 6.07) is 0. The Hall–Kier alpha value is -0.120. The molecule has 0 radical (unpaired) electrons. The summed E-state index contributed by atoms with van der Waals surface area (Å²) in [7, 11) is 0. The van der Waals surface area contributed by atoms with Gasteiger partial charge in [0.15, 0.2) is 0 Å². The van der Waals surface area contributed by atoms with E-state index in [2.05, 4.69) is 12.2 Å². The Balaban J connectivity index is 2.84. The van der Waals surface area contributed by atoms with Gasteiger partial charge in [0.2, 0.25) is 0 Å². The first-order valence-electron chi connectivity index (χ1n) is 5.24. The van der Waals surface area contributed by atoms with E-state index in [0.29, 0.717) is 6.54 Å². The largest absolute Gasteiger partial charge is 0.392 e. The first-order chi connectivity index (χ1) is 6.27. The topological polar surface area (TPSA) is 41.5 Å². The summed E-state index contributed by atoms with van der Waals surface area (Å²) in [5, 5.41) is 12.1. The Morgan fingerprint density at radius 3 is 2.62 bits per heavy atom. The zero-order valence-corrected chi connectivity index (χ0v) is 8.88. The molecule has 0 spiro atoms. The van der Waals surface area contributed by atoms with Gasteiger partial charge in [0, 0.05) is 19.8 Å². The second kappa shape index (κ2) is 9.96. The van der Waals surface area contributed by atoms with Crippen molar-refractivity contribution in [2.24, 2.45) is 0 Å². The zero-order chi connectivity index (χ0) is 9.94. The fourth-order valence-corrected chi connectivity index (χ4v) is 0.959. The van der Waals surface area contributed by atoms with Crippen molar-refractivity contribution >= 4 is 0 Å². The molecule has 0 rings (SSSR count). The normalized spacial score (nSPS) is 13.2. The highest BCUT2D eigenvalue weighted by molar-refractivity contribution is 4.52. The molecule has 0 aliphatic heterocycles. The molecule has 0 amide bonds. The van der Waals surface area contributed by atoms with E-state index in [9.17, 15) is 0 Å². The molecule has 80 valence electrons. The molecule has 0 unspecified atom stereocenters. The lowest BCUT2D eigenvalue weighted by molar-refractivity contribution is 0.127. The van der Waals surface area contributed by atoms with E-state index in [1.807, 2.05) is 0 Å². The molecule has 0 bridgehead atoms. The molecular weight excluding hydrogens is 166 g/mol. The molecule has 0 aromatic heterocycles. The fraction of sp³-hybridized carbons (Fsp3) is 1.00. The molecule has 0 heterocycles. The van der Waals surface area contributed by atoms with Crippen molar-refractivity contribution in [3.63, 3.8) is 0 Å². The summed E-state index contributed by atoms with van der Waals surface area (Å²) in [5.74, 6) is 0. The second-order valence-electron chi connectivity index (χ2n) is 3.37. The number of unbranched alkanes of at least 4 members (excludes halogenated alkanes) is 1. The van der Waals surface area contributed by atoms with E-state index in [0.717, 1.165) is 32.6 Å². The number of ether oxygens (including phenoxy) is 1. The first kappa shape index (κ1) is 12.9. The lowest BCUT2D eigenvalue weighted by Crippen LogP contribution is -2.25. The molecule has 0 aliphatic rings. The third-order valence-electron chi connectivity index (χ3n) is 1.72. The lowest BCUT2D eigenvalue weighted by atomic mass is 10.3. The Kier molecular flexibility index (Phi) is 9.87. The Morgan fingerprint density at radius 1 is 1.31 bits per heavy atom. The molecule has 0 saturated carbocycles. The van der Waals surface area contributed by atoms with Crippen molar-refractivity contribution < 1.29 is 9.84 Å². The number of aliphatic hydroxyl groups excluding tert-OH is 1. The summed E-state index contributed by atoms with van der Waals surface area (Å²) in [6.45, 7) is 7.25. The third kappa shape index (κ3) is 11.9. The van der Waals surface area contributed by atoms with Crippen LogP contribution >= 0.6 is 0 Å². The third-order valence-corrected chi connectivity index (χ3v) is 1.72. The zero-order valence-electron chi connectivity index (χ0n) is 8.88. The molecule has 0 aromatic rings. The van der Waals surface area contributed by atoms with Gasteiger partial charge in [-0.1, -0.05) is 13.3 Å². The maximum Gasteiger partial charge on any atom is 0.0636 e. The van der Waals surface area contributed by atoms with Gasteiger partial charge >= 0.3 is 0 Å². The average Bonchev–Trinajstić information content (AvgIpc) is 2.09. The second-order valence-corrected chi connectivity index (χ2v) is 3.37. The van der Waals surface area contributed by atoms with Gasteiger partial charge in [-0.3, -0.25) is 0 Å². The van der Waals surface area contributed by atoms with Crippen molar-refractivity contribution in [2.75, 3.05) is 26.3 Å². The van der Waals surface area contributed by atoms with E-state index in [4.69, 9.17) is 9.84 Å². The molecule has 0 fully saturated rings. The molecular formula is C10H23NO2. The number of rotatable bonds is 9. The van der Waals surface area contributed by atoms with E-state index >= 15 is 0 Å². The molecule has 0 saturated heterocycles. The number of hydrogen-bond donors (Lipinski definition) is 2. The summed E-state index contributed by atoms with van der Waals surface area (Å²) in [4.78, 5) is 0. The smallest absolute Gasteiger partial charge is 0.0636 e. The van der Waals surface area contributed by atoms with E-state index < -0.39 is 0 Å². The predicted octanol–water partition coefficient (Wildman–Crippen LogP) is 1.16. The van der Waals surface area contributed by atoms with Crippen molar-refractivity contribution in [1.29, 1.82) is 0 Å². The average molecular weight is 189 g/mol. The van der Waals surface area contributed by atoms with Gasteiger partial charge in [0.05, 0.1) is 6.10 Å². The maximum atomic E-state index is 8.93. The predicted molar refractivity (Wildman–Crippen MR) is 54.9 cm³/mol. The van der Waals surface area contributed by atoms with Crippen LogP contribution in [0.15, 0.2) is 0 Å². The van der Waals surface area contributed by atoms with E-state index in [1.54, 1.807) is 6.92 Å². The monoisotopic (exact) mass is 189 g/mol. The molecule has 0 aromatic carbocycles. The summed E-state index contributed by atoms with van der Waals surface area (Å²) < 4.78 is 5.38. The Labute approximate surface area is 81.5 Å². The fourth-order valence-electron chi connectivity index (χ4n) is 0.959. The van der Waals surface area contributed by atoms with Crippen LogP contribution in [0.1, 0.15) is 33.1 Å². The summed E-state index contributed by atoms with van der Waals surface area (Å²) in [5.41, 5.74) is 0. The van der Waals surface area contributed by atoms with Crippen LogP contribution in [0.4, 0.5) is 0 Å². The minimum absolute atomic E-state index is 0.249. The van der Waals surface area contributed by atoms with Crippen molar-refractivity contribution in [3.8, 4) is 0 Å². The van der Waals surface area contributed by atoms with Crippen LogP contribution in [0, 0.1) is 0 Å². The van der Waals surface area contributed by atoms with Crippen LogP contribution in [0.2, 0.25) is 0 Å². The molecule has 3 heteroatoms. The number of aliphatic hydroxyl groups is 1. The van der Waals surface area contributed by atoms with E-state index in [1.165, 1.54) is 6.42 Å². The molecule has 13 heavy (non-hydrogen) atoms. The van der Waals surface area contributed by atoms with Crippen LogP contribution in [0.3, 0.4) is 0 Å². The van der Waals surface area contributed by atoms with Crippen LogP contribution in [-0.4, -0.2) is 37.5 Å². The standard InChI is InChI=1S/C10H23NO2/c1-3-4-7-13-8-5-6-11-9-10(2)12/h10-12H,3-9H2,1-2H3/t10-/m0/s1. The maximum absolute atomic E-state index is 8.93. The van der Waals surface area contributed by atoms with Crippen molar-refractivity contribution in [2.45, 2.75) is 39.2 Å². The van der Waals surface area contributed by atoms with Gasteiger partial charge in [-0.25, -0.2) is 0 Å². The van der Waals surface area contributed by atoms with Crippen LogP contribution in [0.25, 0.3) is 0 Å². The molecule has 2 N–H and O–H groups in total. The molecule has 0 aliphatic carbocycles. The number of hydrogen-bond acceptors (Lipinski definition) is 3. The lowest BCUT2D eigenvalue weighted by Gasteiger charge is -2.06. The first-order valence-corrected chi connectivity index (χ1v) is 5.24. The quantitative estimate of drug-likeness (QED) is 0.535. The van der Waals surface area contributed by atoms with Crippen LogP contribution in [-0.2, 0) is 4.74 Å². The van der Waals surface area contributed by atoms with Crippen molar-refractivity contribution in [1.82, 2.24) is 5.32 Å². The van der Waals surface area contributed by atoms with Gasteiger partial charge in [-0.15, -0.1) is 0 Å². The minimum atomic E-state index is -0.249. The van der Waals surface area contributed by atoms with Gasteiger partial charge in [-0.2, -0.15) is 0 Å². The van der Waals surface area contributed by atoms with Gasteiger partial charge < -0.3 is 15.2 Å². The van der Waals surface area contributed by atoms with Crippen LogP contribution in [0.5, 0.6) is 0 Å². The minimum Gasteiger partial charge on any atom is -0.392 e. The highest BCUT2D eigenvalue weighted by Gasteiger charge is 1.93. The Bertz CT molecular complexity index is 96.9. The number of nitrogens with one attached hydrogen (secondary N) is 1. The SMILES string of the molecule is CCCCOCCCNC[C@H](C)O. The van der Waals surface area contributed by atoms with Gasteiger partial charge in [0.1, 0.15) is 0 Å². The summed E-state index contributed by atoms with van der Waals surface area (Å²) >= 11 is 0. The highest BCUT2D eigenvalue weighted by Crippen LogP contribution is 1.89. The summed E-state index contributed by atoms with van der Waals surface area (Å²) in [6.07, 6.45) is 3.12. The highest BCUT2D eigenvalue weighted by atomic mass is 16.5. The van der Waals surface area contributed by atoms with Crippen LogP contribution < -0.4 is 5.32 Å². The van der Waals surface area contributed by atoms with Gasteiger partial charge in [0.25, 0.3) is 0 Å².